The van der Waals surface area contributed by atoms with Crippen LogP contribution >= 0.6 is 0 Å². The molecule has 0 N–H and O–H groups in total. The van der Waals surface area contributed by atoms with Gasteiger partial charge in [0.1, 0.15) is 0 Å². The third-order valence-corrected chi connectivity index (χ3v) is 7.72. The molecule has 0 aromatic carbocycles. The van der Waals surface area contributed by atoms with E-state index >= 15 is 0 Å². The lowest BCUT2D eigenvalue weighted by molar-refractivity contribution is 0.398. The van der Waals surface area contributed by atoms with Gasteiger partial charge in [-0.05, 0) is 81.7 Å². The minimum absolute atomic E-state index is 0.364. The van der Waals surface area contributed by atoms with Gasteiger partial charge in [-0.1, -0.05) is 42.5 Å². The lowest BCUT2D eigenvalue weighted by Crippen LogP contribution is -2.31. The van der Waals surface area contributed by atoms with E-state index in [0.29, 0.717) is 5.92 Å². The molecule has 5 nitrogen and oxygen atoms in total. The molecule has 0 saturated heterocycles. The Hall–Kier alpha value is -4.38. The summed E-state index contributed by atoms with van der Waals surface area (Å²) in [6, 6.07) is 8.40. The lowest BCUT2D eigenvalue weighted by Gasteiger charge is -2.31. The average Bonchev–Trinajstić information content (AvgIpc) is 3.52. The summed E-state index contributed by atoms with van der Waals surface area (Å²) in [6.45, 7) is 14.7. The molecular formula is C34H35N5. The molecule has 0 fully saturated rings. The van der Waals surface area contributed by atoms with Crippen LogP contribution in [0.15, 0.2) is 114 Å². The molecular weight excluding hydrogens is 478 g/mol. The predicted octanol–water partition coefficient (Wildman–Crippen LogP) is 7.75. The van der Waals surface area contributed by atoms with E-state index in [0.717, 1.165) is 53.0 Å². The van der Waals surface area contributed by atoms with Crippen LogP contribution in [0.4, 0.5) is 0 Å². The Bertz CT molecular complexity index is 1590. The van der Waals surface area contributed by atoms with Crippen molar-refractivity contribution in [3.8, 4) is 0 Å². The summed E-state index contributed by atoms with van der Waals surface area (Å²) in [5.74, 6) is 0.364. The van der Waals surface area contributed by atoms with Gasteiger partial charge in [-0.2, -0.15) is 0 Å². The number of fused-ring (bicyclic) bond motifs is 1. The summed E-state index contributed by atoms with van der Waals surface area (Å²) in [7, 11) is 0. The largest absolute Gasteiger partial charge is 0.334 e. The predicted molar refractivity (Wildman–Crippen MR) is 165 cm³/mol. The van der Waals surface area contributed by atoms with Gasteiger partial charge in [0, 0.05) is 47.2 Å². The molecule has 5 heteroatoms. The number of allylic oxidation sites excluding steroid dienone is 9. The van der Waals surface area contributed by atoms with Gasteiger partial charge in [0.05, 0.1) is 28.8 Å². The second-order valence-corrected chi connectivity index (χ2v) is 10.4. The van der Waals surface area contributed by atoms with Crippen molar-refractivity contribution in [3.05, 3.63) is 121 Å². The molecule has 1 aliphatic heterocycles. The van der Waals surface area contributed by atoms with Gasteiger partial charge in [0.2, 0.25) is 0 Å². The SMILES string of the molecule is C=CC1C=CC(c2cn(C(C)(C/C=C\C=C/N=C)c3ccccn3)c3cc(C4=C(C)CN=C4C)cnc23)=CC1. The van der Waals surface area contributed by atoms with E-state index in [2.05, 4.69) is 97.3 Å². The van der Waals surface area contributed by atoms with E-state index in [1.54, 1.807) is 6.20 Å². The Morgan fingerprint density at radius 3 is 2.74 bits per heavy atom. The third-order valence-electron chi connectivity index (χ3n) is 7.72. The Morgan fingerprint density at radius 2 is 2.08 bits per heavy atom. The van der Waals surface area contributed by atoms with Crippen molar-refractivity contribution in [2.24, 2.45) is 15.9 Å². The van der Waals surface area contributed by atoms with Gasteiger partial charge in [-0.15, -0.1) is 6.58 Å². The fourth-order valence-corrected chi connectivity index (χ4v) is 5.53. The van der Waals surface area contributed by atoms with Crippen molar-refractivity contribution in [2.75, 3.05) is 6.54 Å². The summed E-state index contributed by atoms with van der Waals surface area (Å²) < 4.78 is 2.36. The van der Waals surface area contributed by atoms with Gasteiger partial charge in [0.15, 0.2) is 0 Å². The van der Waals surface area contributed by atoms with Crippen LogP contribution in [0, 0.1) is 5.92 Å². The Balaban J connectivity index is 1.73. The van der Waals surface area contributed by atoms with E-state index in [1.165, 1.54) is 16.7 Å². The molecule has 3 aromatic rings. The molecule has 2 unspecified atom stereocenters. The van der Waals surface area contributed by atoms with Crippen LogP contribution in [0.1, 0.15) is 50.4 Å². The molecule has 5 rings (SSSR count). The Kier molecular flexibility index (Phi) is 7.51. The van der Waals surface area contributed by atoms with Gasteiger partial charge in [-0.3, -0.25) is 20.0 Å². The second kappa shape index (κ2) is 11.2. The first-order valence-corrected chi connectivity index (χ1v) is 13.4. The number of hydrogen-bond acceptors (Lipinski definition) is 4. The number of pyridine rings is 2. The van der Waals surface area contributed by atoms with Crippen LogP contribution in [0.3, 0.4) is 0 Å². The molecule has 0 bridgehead atoms. The highest BCUT2D eigenvalue weighted by Gasteiger charge is 2.32. The molecule has 2 aliphatic rings. The van der Waals surface area contributed by atoms with Gasteiger partial charge < -0.3 is 4.57 Å². The maximum absolute atomic E-state index is 5.08. The van der Waals surface area contributed by atoms with Crippen LogP contribution < -0.4 is 0 Å². The molecule has 39 heavy (non-hydrogen) atoms. The van der Waals surface area contributed by atoms with Crippen molar-refractivity contribution >= 4 is 34.6 Å². The van der Waals surface area contributed by atoms with Gasteiger partial charge in [0.25, 0.3) is 0 Å². The van der Waals surface area contributed by atoms with Crippen LogP contribution in [0.25, 0.3) is 22.2 Å². The minimum atomic E-state index is -0.463. The Morgan fingerprint density at radius 1 is 1.21 bits per heavy atom. The van der Waals surface area contributed by atoms with E-state index in [4.69, 9.17) is 9.97 Å². The topological polar surface area (TPSA) is 55.4 Å². The quantitative estimate of drug-likeness (QED) is 0.167. The summed E-state index contributed by atoms with van der Waals surface area (Å²) >= 11 is 0. The summed E-state index contributed by atoms with van der Waals surface area (Å²) in [5, 5.41) is 0. The third kappa shape index (κ3) is 5.05. The Labute approximate surface area is 231 Å². The van der Waals surface area contributed by atoms with Gasteiger partial charge in [-0.25, -0.2) is 0 Å². The van der Waals surface area contributed by atoms with Gasteiger partial charge >= 0.3 is 0 Å². The zero-order valence-corrected chi connectivity index (χ0v) is 23.0. The maximum Gasteiger partial charge on any atom is 0.0960 e. The highest BCUT2D eigenvalue weighted by atomic mass is 15.1. The minimum Gasteiger partial charge on any atom is -0.334 e. The number of aromatic nitrogens is 3. The van der Waals surface area contributed by atoms with Crippen molar-refractivity contribution in [1.82, 2.24) is 14.5 Å². The highest BCUT2D eigenvalue weighted by Crippen LogP contribution is 2.39. The molecule has 0 radical (unpaired) electrons. The first-order valence-electron chi connectivity index (χ1n) is 13.4. The fraction of sp³-hybridized carbons (Fsp3) is 0.235. The summed E-state index contributed by atoms with van der Waals surface area (Å²) in [4.78, 5) is 18.4. The zero-order chi connectivity index (χ0) is 27.4. The first-order chi connectivity index (χ1) is 19.0. The molecule has 196 valence electrons. The number of aliphatic imine (C=N–C) groups is 2. The number of nitrogens with zero attached hydrogens (tertiary/aromatic N) is 5. The molecule has 2 atom stereocenters. The highest BCUT2D eigenvalue weighted by molar-refractivity contribution is 6.25. The van der Waals surface area contributed by atoms with Crippen molar-refractivity contribution < 1.29 is 0 Å². The van der Waals surface area contributed by atoms with E-state index < -0.39 is 5.54 Å². The smallest absolute Gasteiger partial charge is 0.0960 e. The maximum atomic E-state index is 5.08. The molecule has 0 spiro atoms. The summed E-state index contributed by atoms with van der Waals surface area (Å²) in [5.41, 5.74) is 9.54. The molecule has 3 aromatic heterocycles. The van der Waals surface area contributed by atoms with Crippen molar-refractivity contribution in [1.29, 1.82) is 0 Å². The van der Waals surface area contributed by atoms with Crippen LogP contribution in [-0.4, -0.2) is 33.5 Å². The van der Waals surface area contributed by atoms with Crippen LogP contribution in [0.5, 0.6) is 0 Å². The molecule has 4 heterocycles. The average molecular weight is 514 g/mol. The molecule has 0 saturated carbocycles. The second-order valence-electron chi connectivity index (χ2n) is 10.4. The van der Waals surface area contributed by atoms with E-state index in [9.17, 15) is 0 Å². The standard InChI is InChI=1S/C34H35N5/c1-6-26-13-15-27(16-14-26)29-23-39(30-20-28(22-38-33(29)30)32-24(2)21-37-25(32)3)34(4,17-9-7-10-18-35-5)31-12-8-11-19-36-31/h6-13,15-16,18-20,22-23,26H,1,5,14,17,21H2,2-4H3/b9-7-,18-10-. The van der Waals surface area contributed by atoms with E-state index in [-0.39, 0.29) is 0 Å². The lowest BCUT2D eigenvalue weighted by atomic mass is 9.91. The molecule has 1 aliphatic carbocycles. The van der Waals surface area contributed by atoms with E-state index in [1.807, 2.05) is 36.7 Å². The zero-order valence-electron chi connectivity index (χ0n) is 23.0. The van der Waals surface area contributed by atoms with Crippen LogP contribution in [-0.2, 0) is 5.54 Å². The fourth-order valence-electron chi connectivity index (χ4n) is 5.53. The number of hydrogen-bond donors (Lipinski definition) is 0. The van der Waals surface area contributed by atoms with Crippen LogP contribution in [0.2, 0.25) is 0 Å². The van der Waals surface area contributed by atoms with Crippen molar-refractivity contribution in [2.45, 2.75) is 39.2 Å². The van der Waals surface area contributed by atoms with Crippen molar-refractivity contribution in [3.63, 3.8) is 0 Å². The summed E-state index contributed by atoms with van der Waals surface area (Å²) in [6.07, 6.45) is 24.3. The monoisotopic (exact) mass is 513 g/mol. The first kappa shape index (κ1) is 26.2. The molecule has 0 amide bonds. The number of rotatable bonds is 9. The normalized spacial score (nSPS) is 19.1.